The fourth-order valence-electron chi connectivity index (χ4n) is 1.61. The molecule has 0 saturated carbocycles. The van der Waals surface area contributed by atoms with E-state index in [2.05, 4.69) is 0 Å². The second-order valence-electron chi connectivity index (χ2n) is 3.76. The van der Waals surface area contributed by atoms with Gasteiger partial charge in [0.15, 0.2) is 0 Å². The van der Waals surface area contributed by atoms with Crippen molar-refractivity contribution in [2.45, 2.75) is 26.7 Å². The molecule has 0 aromatic rings. The van der Waals surface area contributed by atoms with E-state index in [9.17, 15) is 4.57 Å². The zero-order chi connectivity index (χ0) is 13.3. The summed E-state index contributed by atoms with van der Waals surface area (Å²) in [5.41, 5.74) is 0. The molecular weight excluding hydrogens is 301 g/mol. The van der Waals surface area contributed by atoms with Crippen molar-refractivity contribution in [1.82, 2.24) is 9.34 Å². The Morgan fingerprint density at radius 3 is 1.53 bits per heavy atom. The van der Waals surface area contributed by atoms with Crippen LogP contribution in [0.3, 0.4) is 0 Å². The highest BCUT2D eigenvalue weighted by molar-refractivity contribution is 7.85. The Hall–Kier alpha value is 1.02. The van der Waals surface area contributed by atoms with Crippen LogP contribution in [0.15, 0.2) is 0 Å². The molecule has 0 fully saturated rings. The van der Waals surface area contributed by atoms with Crippen LogP contribution < -0.4 is 0 Å². The zero-order valence-corrected chi connectivity index (χ0v) is 13.7. The van der Waals surface area contributed by atoms with Crippen molar-refractivity contribution < 1.29 is 4.57 Å². The molecule has 0 N–H and O–H groups in total. The molecule has 1 atom stereocenters. The molecule has 17 heavy (non-hydrogen) atoms. The Balaban J connectivity index is 4.78. The molecule has 0 amide bonds. The summed E-state index contributed by atoms with van der Waals surface area (Å²) in [6.45, 7) is 3.55. The van der Waals surface area contributed by atoms with E-state index in [4.69, 9.17) is 34.4 Å². The summed E-state index contributed by atoms with van der Waals surface area (Å²) >= 11 is 17.7. The van der Waals surface area contributed by atoms with Crippen LogP contribution in [0.1, 0.15) is 26.7 Å². The van der Waals surface area contributed by atoms with Gasteiger partial charge >= 0.3 is 6.80 Å². The quantitative estimate of drug-likeness (QED) is 0.444. The Morgan fingerprint density at radius 2 is 1.24 bits per heavy atom. The molecular formula is C10H22Cl3N2OP. The van der Waals surface area contributed by atoms with Crippen molar-refractivity contribution in [3.8, 4) is 0 Å². The van der Waals surface area contributed by atoms with E-state index < -0.39 is 6.80 Å². The van der Waals surface area contributed by atoms with E-state index in [0.29, 0.717) is 24.8 Å². The minimum Gasteiger partial charge on any atom is -0.271 e. The third-order valence-electron chi connectivity index (χ3n) is 2.35. The van der Waals surface area contributed by atoms with Gasteiger partial charge in [0.25, 0.3) is 0 Å². The molecule has 0 aliphatic rings. The largest absolute Gasteiger partial charge is 0.304 e. The summed E-state index contributed by atoms with van der Waals surface area (Å²) in [4.78, 5) is 0. The molecule has 0 aliphatic carbocycles. The monoisotopic (exact) mass is 322 g/mol. The normalized spacial score (nSPS) is 15.5. The third kappa shape index (κ3) is 6.13. The summed E-state index contributed by atoms with van der Waals surface area (Å²) in [7, 11) is 0. The van der Waals surface area contributed by atoms with E-state index in [0.717, 1.165) is 25.9 Å². The molecule has 1 unspecified atom stereocenters. The lowest BCUT2D eigenvalue weighted by Crippen LogP contribution is -2.33. The van der Waals surface area contributed by atoms with Gasteiger partial charge in [-0.25, -0.2) is 9.34 Å². The smallest absolute Gasteiger partial charge is 0.271 e. The highest BCUT2D eigenvalue weighted by Crippen LogP contribution is 2.58. The predicted molar refractivity (Wildman–Crippen MR) is 78.6 cm³/mol. The van der Waals surface area contributed by atoms with Gasteiger partial charge in [0.1, 0.15) is 0 Å². The maximum atomic E-state index is 12.7. The molecule has 0 saturated heterocycles. The highest BCUT2D eigenvalue weighted by atomic mass is 35.7. The predicted octanol–water partition coefficient (Wildman–Crippen LogP) is 4.23. The van der Waals surface area contributed by atoms with E-state index in [-0.39, 0.29) is 0 Å². The van der Waals surface area contributed by atoms with Crippen molar-refractivity contribution in [2.75, 3.05) is 37.9 Å². The van der Waals surface area contributed by atoms with Crippen molar-refractivity contribution in [2.24, 2.45) is 0 Å². The topological polar surface area (TPSA) is 23.6 Å². The average Bonchev–Trinajstić information content (AvgIpc) is 2.28. The first-order chi connectivity index (χ1) is 8.04. The van der Waals surface area contributed by atoms with E-state index in [1.165, 1.54) is 0 Å². The third-order valence-corrected chi connectivity index (χ3v) is 6.16. The van der Waals surface area contributed by atoms with Gasteiger partial charge in [0, 0.05) is 37.9 Å². The summed E-state index contributed by atoms with van der Waals surface area (Å²) in [5.74, 6) is 0.805. The van der Waals surface area contributed by atoms with E-state index in [1.54, 1.807) is 4.67 Å². The van der Waals surface area contributed by atoms with Gasteiger partial charge in [0.05, 0.1) is 0 Å². The number of hydrogen-bond acceptors (Lipinski definition) is 1. The first-order valence-corrected chi connectivity index (χ1v) is 9.55. The van der Waals surface area contributed by atoms with E-state index in [1.807, 2.05) is 18.5 Å². The molecule has 0 rings (SSSR count). The lowest BCUT2D eigenvalue weighted by atomic mass is 10.4. The van der Waals surface area contributed by atoms with Gasteiger partial charge in [0.2, 0.25) is 0 Å². The summed E-state index contributed by atoms with van der Waals surface area (Å²) < 4.78 is 16.2. The van der Waals surface area contributed by atoms with Gasteiger partial charge < -0.3 is 0 Å². The maximum Gasteiger partial charge on any atom is 0.304 e. The van der Waals surface area contributed by atoms with Crippen LogP contribution >= 0.6 is 41.2 Å². The van der Waals surface area contributed by atoms with Gasteiger partial charge in [-0.2, -0.15) is 0 Å². The summed E-state index contributed by atoms with van der Waals surface area (Å²) in [5, 5.41) is 0. The number of alkyl halides is 2. The molecule has 0 aromatic carbocycles. The van der Waals surface area contributed by atoms with Crippen LogP contribution in [0.5, 0.6) is 0 Å². The lowest BCUT2D eigenvalue weighted by Gasteiger charge is -2.34. The molecule has 0 aromatic heterocycles. The van der Waals surface area contributed by atoms with Gasteiger partial charge in [-0.05, 0) is 24.1 Å². The van der Waals surface area contributed by atoms with Crippen LogP contribution in [-0.2, 0) is 4.57 Å². The molecule has 0 aliphatic heterocycles. The number of rotatable bonds is 10. The molecule has 0 heterocycles. The van der Waals surface area contributed by atoms with Crippen LogP contribution in [0, 0.1) is 0 Å². The molecule has 7 heteroatoms. The second kappa shape index (κ2) is 9.89. The van der Waals surface area contributed by atoms with Crippen molar-refractivity contribution >= 4 is 41.2 Å². The fourth-order valence-corrected chi connectivity index (χ4v) is 5.10. The first kappa shape index (κ1) is 18.0. The van der Waals surface area contributed by atoms with Crippen LogP contribution in [0.25, 0.3) is 0 Å². The minimum atomic E-state index is -3.01. The van der Waals surface area contributed by atoms with Crippen molar-refractivity contribution in [3.63, 3.8) is 0 Å². The fraction of sp³-hybridized carbons (Fsp3) is 1.00. The Morgan fingerprint density at radius 1 is 0.882 bits per heavy atom. The van der Waals surface area contributed by atoms with Gasteiger partial charge in [-0.3, -0.25) is 4.57 Å². The molecule has 0 radical (unpaired) electrons. The first-order valence-electron chi connectivity index (χ1n) is 5.97. The van der Waals surface area contributed by atoms with Gasteiger partial charge in [-0.1, -0.05) is 13.8 Å². The number of halogens is 3. The SMILES string of the molecule is CCCN(CCC)P(=O)(Cl)N(CCCl)CCCl. The van der Waals surface area contributed by atoms with Crippen LogP contribution in [0.4, 0.5) is 0 Å². The molecule has 0 bridgehead atoms. The zero-order valence-electron chi connectivity index (χ0n) is 10.5. The number of nitrogens with zero attached hydrogens (tertiary/aromatic N) is 2. The summed E-state index contributed by atoms with van der Waals surface area (Å²) in [6.07, 6.45) is 1.85. The Kier molecular flexibility index (Phi) is 10.5. The number of hydrogen-bond donors (Lipinski definition) is 0. The average molecular weight is 324 g/mol. The van der Waals surface area contributed by atoms with Crippen molar-refractivity contribution in [3.05, 3.63) is 0 Å². The maximum absolute atomic E-state index is 12.7. The Bertz CT molecular complexity index is 212. The van der Waals surface area contributed by atoms with Crippen LogP contribution in [0.2, 0.25) is 0 Å². The molecule has 104 valence electrons. The molecule has 3 nitrogen and oxygen atoms in total. The second-order valence-corrected chi connectivity index (χ2v) is 7.91. The van der Waals surface area contributed by atoms with Crippen molar-refractivity contribution in [1.29, 1.82) is 0 Å². The standard InChI is InChI=1S/C10H22Cl3N2OP/c1-3-7-14(8-4-2)17(13,16)15(9-5-11)10-6-12/h3-10H2,1-2H3. The molecule has 0 spiro atoms. The summed E-state index contributed by atoms with van der Waals surface area (Å²) in [6, 6.07) is 0. The van der Waals surface area contributed by atoms with Crippen LogP contribution in [-0.4, -0.2) is 47.3 Å². The van der Waals surface area contributed by atoms with E-state index >= 15 is 0 Å². The highest BCUT2D eigenvalue weighted by Gasteiger charge is 2.33. The minimum absolute atomic E-state index is 0.402. The Labute approximate surface area is 120 Å². The lowest BCUT2D eigenvalue weighted by molar-refractivity contribution is 0.357. The van der Waals surface area contributed by atoms with Gasteiger partial charge in [-0.15, -0.1) is 23.2 Å².